The molecule has 1 aliphatic carbocycles. The highest BCUT2D eigenvalue weighted by molar-refractivity contribution is 6.39. The highest BCUT2D eigenvalue weighted by Gasteiger charge is 2.13. The molecule has 0 bridgehead atoms. The standard InChI is InChI=1S/C17H21N3O3/c18-15(21)13-6-8-14(9-7-13)20-17(23)16(22)19-11-10-12-4-2-1-3-5-12/h4,6-9H,1-3,5,10-11H2,(H2,18,21)(H,19,22)(H,20,23). The van der Waals surface area contributed by atoms with Gasteiger partial charge in [0.05, 0.1) is 0 Å². The molecule has 0 saturated carbocycles. The van der Waals surface area contributed by atoms with Gasteiger partial charge in [-0.1, -0.05) is 11.6 Å². The van der Waals surface area contributed by atoms with E-state index in [4.69, 9.17) is 5.73 Å². The van der Waals surface area contributed by atoms with Gasteiger partial charge in [0.15, 0.2) is 0 Å². The second-order valence-corrected chi connectivity index (χ2v) is 5.51. The maximum Gasteiger partial charge on any atom is 0.313 e. The van der Waals surface area contributed by atoms with Crippen molar-refractivity contribution in [2.24, 2.45) is 5.73 Å². The predicted octanol–water partition coefficient (Wildman–Crippen LogP) is 1.73. The first-order chi connectivity index (χ1) is 11.1. The van der Waals surface area contributed by atoms with Gasteiger partial charge in [-0.3, -0.25) is 14.4 Å². The number of hydrogen-bond donors (Lipinski definition) is 3. The summed E-state index contributed by atoms with van der Waals surface area (Å²) in [5.41, 5.74) is 7.26. The van der Waals surface area contributed by atoms with Gasteiger partial charge in [0.2, 0.25) is 5.91 Å². The Labute approximate surface area is 135 Å². The number of hydrogen-bond acceptors (Lipinski definition) is 3. The Hall–Kier alpha value is -2.63. The van der Waals surface area contributed by atoms with Gasteiger partial charge in [0.1, 0.15) is 0 Å². The predicted molar refractivity (Wildman–Crippen MR) is 87.8 cm³/mol. The highest BCUT2D eigenvalue weighted by atomic mass is 16.2. The third-order valence-electron chi connectivity index (χ3n) is 3.75. The molecular weight excluding hydrogens is 294 g/mol. The van der Waals surface area contributed by atoms with Crippen molar-refractivity contribution in [3.63, 3.8) is 0 Å². The van der Waals surface area contributed by atoms with Gasteiger partial charge in [0, 0.05) is 17.8 Å². The van der Waals surface area contributed by atoms with Crippen molar-refractivity contribution in [3.8, 4) is 0 Å². The quantitative estimate of drug-likeness (QED) is 0.569. The van der Waals surface area contributed by atoms with Gasteiger partial charge in [-0.15, -0.1) is 0 Å². The molecule has 0 spiro atoms. The van der Waals surface area contributed by atoms with E-state index in [1.165, 1.54) is 42.7 Å². The van der Waals surface area contributed by atoms with Crippen LogP contribution in [0.3, 0.4) is 0 Å². The Morgan fingerprint density at radius 2 is 1.78 bits per heavy atom. The third kappa shape index (κ3) is 5.25. The Bertz CT molecular complexity index is 620. The first-order valence-electron chi connectivity index (χ1n) is 7.73. The van der Waals surface area contributed by atoms with Crippen LogP contribution in [0.1, 0.15) is 42.5 Å². The summed E-state index contributed by atoms with van der Waals surface area (Å²) in [5, 5.41) is 5.09. The molecule has 0 aliphatic heterocycles. The Morgan fingerprint density at radius 3 is 2.39 bits per heavy atom. The van der Waals surface area contributed by atoms with Crippen LogP contribution in [0.4, 0.5) is 5.69 Å². The molecule has 0 unspecified atom stereocenters. The fourth-order valence-corrected chi connectivity index (χ4v) is 2.45. The van der Waals surface area contributed by atoms with Gasteiger partial charge in [-0.25, -0.2) is 0 Å². The second kappa shape index (κ2) is 8.12. The highest BCUT2D eigenvalue weighted by Crippen LogP contribution is 2.19. The summed E-state index contributed by atoms with van der Waals surface area (Å²) in [4.78, 5) is 34.5. The van der Waals surface area contributed by atoms with Crippen LogP contribution in [0, 0.1) is 0 Å². The lowest BCUT2D eigenvalue weighted by Crippen LogP contribution is -2.36. The number of nitrogens with two attached hydrogens (primary N) is 1. The summed E-state index contributed by atoms with van der Waals surface area (Å²) in [6.07, 6.45) is 7.61. The SMILES string of the molecule is NC(=O)c1ccc(NC(=O)C(=O)NCCC2=CCCCC2)cc1. The van der Waals surface area contributed by atoms with Crippen molar-refractivity contribution in [3.05, 3.63) is 41.5 Å². The Balaban J connectivity index is 1.77. The summed E-state index contributed by atoms with van der Waals surface area (Å²) < 4.78 is 0. The maximum absolute atomic E-state index is 11.8. The molecule has 0 saturated heterocycles. The van der Waals surface area contributed by atoms with Gasteiger partial charge in [-0.2, -0.15) is 0 Å². The van der Waals surface area contributed by atoms with Crippen molar-refractivity contribution >= 4 is 23.4 Å². The number of primary amides is 1. The van der Waals surface area contributed by atoms with Gasteiger partial charge in [-0.05, 0) is 56.4 Å². The number of allylic oxidation sites excluding steroid dienone is 1. The van der Waals surface area contributed by atoms with E-state index in [0.717, 1.165) is 19.3 Å². The fourth-order valence-electron chi connectivity index (χ4n) is 2.45. The van der Waals surface area contributed by atoms with Crippen LogP contribution in [0.15, 0.2) is 35.9 Å². The fraction of sp³-hybridized carbons (Fsp3) is 0.353. The zero-order chi connectivity index (χ0) is 16.7. The number of amides is 3. The van der Waals surface area contributed by atoms with Crippen LogP contribution < -0.4 is 16.4 Å². The Kier molecular flexibility index (Phi) is 5.91. The van der Waals surface area contributed by atoms with Crippen molar-refractivity contribution in [1.82, 2.24) is 5.32 Å². The van der Waals surface area contributed by atoms with Crippen LogP contribution in [-0.4, -0.2) is 24.3 Å². The molecule has 0 heterocycles. The number of carbonyl (C=O) groups is 3. The molecule has 0 fully saturated rings. The van der Waals surface area contributed by atoms with Gasteiger partial charge >= 0.3 is 11.8 Å². The Morgan fingerprint density at radius 1 is 1.04 bits per heavy atom. The van der Waals surface area contributed by atoms with Crippen LogP contribution in [0.2, 0.25) is 0 Å². The molecule has 6 heteroatoms. The van der Waals surface area contributed by atoms with E-state index in [9.17, 15) is 14.4 Å². The van der Waals surface area contributed by atoms with Gasteiger partial charge < -0.3 is 16.4 Å². The van der Waals surface area contributed by atoms with E-state index in [1.54, 1.807) is 0 Å². The lowest BCUT2D eigenvalue weighted by Gasteiger charge is -2.12. The molecule has 0 radical (unpaired) electrons. The molecule has 2 rings (SSSR count). The number of rotatable bonds is 5. The topological polar surface area (TPSA) is 101 Å². The lowest BCUT2D eigenvalue weighted by molar-refractivity contribution is -0.136. The van der Waals surface area contributed by atoms with Crippen molar-refractivity contribution < 1.29 is 14.4 Å². The summed E-state index contributed by atoms with van der Waals surface area (Å²) in [6, 6.07) is 6.03. The average molecular weight is 315 g/mol. The maximum atomic E-state index is 11.8. The summed E-state index contributed by atoms with van der Waals surface area (Å²) >= 11 is 0. The van der Waals surface area contributed by atoms with E-state index >= 15 is 0 Å². The van der Waals surface area contributed by atoms with Crippen molar-refractivity contribution in [2.45, 2.75) is 32.1 Å². The third-order valence-corrected chi connectivity index (χ3v) is 3.75. The molecule has 23 heavy (non-hydrogen) atoms. The second-order valence-electron chi connectivity index (χ2n) is 5.51. The van der Waals surface area contributed by atoms with Crippen molar-refractivity contribution in [2.75, 3.05) is 11.9 Å². The van der Waals surface area contributed by atoms with E-state index < -0.39 is 17.7 Å². The zero-order valence-corrected chi connectivity index (χ0v) is 12.9. The molecule has 6 nitrogen and oxygen atoms in total. The average Bonchev–Trinajstić information content (AvgIpc) is 2.56. The number of carbonyl (C=O) groups excluding carboxylic acids is 3. The zero-order valence-electron chi connectivity index (χ0n) is 12.9. The smallest absolute Gasteiger partial charge is 0.313 e. The van der Waals surface area contributed by atoms with Crippen LogP contribution in [0.25, 0.3) is 0 Å². The molecule has 1 aromatic carbocycles. The summed E-state index contributed by atoms with van der Waals surface area (Å²) in [6.45, 7) is 0.457. The number of anilines is 1. The molecule has 0 atom stereocenters. The van der Waals surface area contributed by atoms with Crippen molar-refractivity contribution in [1.29, 1.82) is 0 Å². The van der Waals surface area contributed by atoms with E-state index in [2.05, 4.69) is 16.7 Å². The first kappa shape index (κ1) is 16.7. The first-order valence-corrected chi connectivity index (χ1v) is 7.73. The molecule has 122 valence electrons. The van der Waals surface area contributed by atoms with Crippen LogP contribution in [0.5, 0.6) is 0 Å². The monoisotopic (exact) mass is 315 g/mol. The van der Waals surface area contributed by atoms with Crippen LogP contribution in [-0.2, 0) is 9.59 Å². The lowest BCUT2D eigenvalue weighted by atomic mass is 9.97. The molecule has 4 N–H and O–H groups in total. The minimum Gasteiger partial charge on any atom is -0.366 e. The van der Waals surface area contributed by atoms with E-state index in [-0.39, 0.29) is 0 Å². The summed E-state index contributed by atoms with van der Waals surface area (Å²) in [7, 11) is 0. The van der Waals surface area contributed by atoms with E-state index in [1.807, 2.05) is 0 Å². The summed E-state index contributed by atoms with van der Waals surface area (Å²) in [5.74, 6) is -1.94. The van der Waals surface area contributed by atoms with Gasteiger partial charge in [0.25, 0.3) is 0 Å². The minimum absolute atomic E-state index is 0.341. The minimum atomic E-state index is -0.727. The number of nitrogens with one attached hydrogen (secondary N) is 2. The molecule has 1 aromatic rings. The molecular formula is C17H21N3O3. The normalized spacial score (nSPS) is 13.8. The number of benzene rings is 1. The largest absolute Gasteiger partial charge is 0.366 e. The molecule has 1 aliphatic rings. The van der Waals surface area contributed by atoms with E-state index in [0.29, 0.717) is 17.8 Å². The van der Waals surface area contributed by atoms with Crippen LogP contribution >= 0.6 is 0 Å². The molecule has 0 aromatic heterocycles. The molecule has 3 amide bonds.